The van der Waals surface area contributed by atoms with Crippen LogP contribution >= 0.6 is 0 Å². The van der Waals surface area contributed by atoms with E-state index in [1.54, 1.807) is 44.3 Å². The maximum atomic E-state index is 13.9. The maximum absolute atomic E-state index is 13.9. The molecule has 2 heterocycles. The number of para-hydroxylation sites is 1. The summed E-state index contributed by atoms with van der Waals surface area (Å²) in [5.74, 6) is -0.512. The van der Waals surface area contributed by atoms with Crippen LogP contribution in [-0.2, 0) is 27.7 Å². The highest BCUT2D eigenvalue weighted by atomic mass is 32.2. The number of carbonyl (C=O) groups excluding carboxylic acids is 2. The van der Waals surface area contributed by atoms with Gasteiger partial charge >= 0.3 is 0 Å². The van der Waals surface area contributed by atoms with Gasteiger partial charge in [-0.2, -0.15) is 4.72 Å². The third-order valence-electron chi connectivity index (χ3n) is 8.32. The van der Waals surface area contributed by atoms with E-state index in [0.29, 0.717) is 59.2 Å². The molecule has 9 N–H and O–H groups in total. The van der Waals surface area contributed by atoms with Gasteiger partial charge in [-0.25, -0.2) is 8.42 Å². The van der Waals surface area contributed by atoms with Crippen molar-refractivity contribution in [1.29, 1.82) is 0 Å². The topological polar surface area (TPSA) is 211 Å². The van der Waals surface area contributed by atoms with E-state index in [1.165, 1.54) is 4.57 Å². The van der Waals surface area contributed by atoms with E-state index in [1.807, 2.05) is 20.8 Å². The van der Waals surface area contributed by atoms with Crippen LogP contribution in [0.25, 0.3) is 10.9 Å². The largest absolute Gasteiger partial charge is 0.487 e. The SMILES string of the molecule is Cc1c(C)c(S(=O)(=O)N[C@@H](Cc2cn(C(=O)[C@@H](N)CCCN=C(N)N)c3ccccc23)C(N)=O)c(C)c2c1OC(C)(C)CC2. The van der Waals surface area contributed by atoms with E-state index >= 15 is 0 Å². The lowest BCUT2D eigenvalue weighted by Crippen LogP contribution is -2.46. The highest BCUT2D eigenvalue weighted by Crippen LogP contribution is 2.42. The average Bonchev–Trinajstić information content (AvgIpc) is 3.30. The van der Waals surface area contributed by atoms with Crippen molar-refractivity contribution in [2.24, 2.45) is 27.9 Å². The molecule has 0 saturated heterocycles. The lowest BCUT2D eigenvalue weighted by Gasteiger charge is -2.35. The van der Waals surface area contributed by atoms with Crippen LogP contribution in [0.2, 0.25) is 0 Å². The van der Waals surface area contributed by atoms with Gasteiger partial charge in [-0.05, 0) is 101 Å². The Kier molecular flexibility index (Phi) is 9.43. The first-order valence-corrected chi connectivity index (χ1v) is 16.1. The van der Waals surface area contributed by atoms with Gasteiger partial charge < -0.3 is 27.7 Å². The quantitative estimate of drug-likeness (QED) is 0.121. The van der Waals surface area contributed by atoms with Crippen molar-refractivity contribution in [3.63, 3.8) is 0 Å². The molecule has 0 spiro atoms. The first-order chi connectivity index (χ1) is 20.5. The summed E-state index contributed by atoms with van der Waals surface area (Å²) in [4.78, 5) is 30.1. The predicted octanol–water partition coefficient (Wildman–Crippen LogP) is 2.07. The first-order valence-electron chi connectivity index (χ1n) is 14.6. The Bertz CT molecular complexity index is 1740. The zero-order valence-corrected chi connectivity index (χ0v) is 26.8. The number of hydrogen-bond donors (Lipinski definition) is 5. The first kappa shape index (κ1) is 33.0. The number of ether oxygens (including phenoxy) is 1. The second kappa shape index (κ2) is 12.6. The maximum Gasteiger partial charge on any atom is 0.247 e. The normalized spacial score (nSPS) is 15.7. The van der Waals surface area contributed by atoms with Gasteiger partial charge in [0.1, 0.15) is 17.4 Å². The van der Waals surface area contributed by atoms with Crippen molar-refractivity contribution in [2.45, 2.75) is 89.3 Å². The number of aromatic nitrogens is 1. The molecule has 2 atom stereocenters. The summed E-state index contributed by atoms with van der Waals surface area (Å²) in [6.45, 7) is 9.71. The molecule has 1 aliphatic heterocycles. The third kappa shape index (κ3) is 6.74. The molecule has 13 heteroatoms. The van der Waals surface area contributed by atoms with Crippen molar-refractivity contribution in [1.82, 2.24) is 9.29 Å². The van der Waals surface area contributed by atoms with Crippen LogP contribution in [0.15, 0.2) is 40.4 Å². The minimum absolute atomic E-state index is 0.0317. The van der Waals surface area contributed by atoms with Crippen LogP contribution < -0.4 is 32.4 Å². The van der Waals surface area contributed by atoms with Gasteiger partial charge in [-0.1, -0.05) is 18.2 Å². The van der Waals surface area contributed by atoms with Gasteiger partial charge in [0.15, 0.2) is 5.96 Å². The number of primary amides is 1. The number of benzene rings is 2. The molecule has 0 bridgehead atoms. The fraction of sp³-hybridized carbons (Fsp3) is 0.452. The van der Waals surface area contributed by atoms with E-state index in [4.69, 9.17) is 27.7 Å². The minimum Gasteiger partial charge on any atom is -0.487 e. The van der Waals surface area contributed by atoms with Crippen LogP contribution in [0.5, 0.6) is 5.75 Å². The molecular weight excluding hydrogens is 582 g/mol. The number of nitrogens with one attached hydrogen (secondary N) is 1. The van der Waals surface area contributed by atoms with Crippen LogP contribution in [-0.4, -0.2) is 55.0 Å². The van der Waals surface area contributed by atoms with E-state index in [9.17, 15) is 18.0 Å². The average molecular weight is 626 g/mol. The molecular formula is C31H43N7O5S. The van der Waals surface area contributed by atoms with Gasteiger partial charge in [-0.15, -0.1) is 0 Å². The minimum atomic E-state index is -4.19. The van der Waals surface area contributed by atoms with Crippen LogP contribution in [0.4, 0.5) is 0 Å². The zero-order chi connectivity index (χ0) is 32.6. The summed E-state index contributed by atoms with van der Waals surface area (Å²) in [6, 6.07) is 5.03. The Morgan fingerprint density at radius 1 is 1.09 bits per heavy atom. The van der Waals surface area contributed by atoms with Crippen molar-refractivity contribution in [2.75, 3.05) is 6.54 Å². The zero-order valence-electron chi connectivity index (χ0n) is 25.9. The molecule has 0 saturated carbocycles. The number of aliphatic imine (C=N–C) groups is 1. The van der Waals surface area contributed by atoms with E-state index in [-0.39, 0.29) is 28.8 Å². The van der Waals surface area contributed by atoms with Crippen molar-refractivity contribution in [3.05, 3.63) is 58.3 Å². The summed E-state index contributed by atoms with van der Waals surface area (Å²) in [6.07, 6.45) is 3.78. The molecule has 2 aromatic carbocycles. The van der Waals surface area contributed by atoms with Crippen LogP contribution in [0.1, 0.15) is 65.7 Å². The fourth-order valence-electron chi connectivity index (χ4n) is 5.83. The number of fused-ring (bicyclic) bond motifs is 2. The number of amides is 1. The molecule has 0 radical (unpaired) electrons. The molecule has 0 unspecified atom stereocenters. The number of guanidine groups is 1. The molecule has 1 amide bonds. The highest BCUT2D eigenvalue weighted by Gasteiger charge is 2.35. The number of sulfonamides is 1. The summed E-state index contributed by atoms with van der Waals surface area (Å²) in [5.41, 5.74) is 26.2. The Hall–Kier alpha value is -3.94. The van der Waals surface area contributed by atoms with Crippen molar-refractivity contribution >= 4 is 38.7 Å². The third-order valence-corrected chi connectivity index (χ3v) is 10.1. The highest BCUT2D eigenvalue weighted by molar-refractivity contribution is 7.89. The molecule has 1 aliphatic rings. The van der Waals surface area contributed by atoms with Crippen LogP contribution in [0, 0.1) is 20.8 Å². The smallest absolute Gasteiger partial charge is 0.247 e. The second-order valence-corrected chi connectivity index (χ2v) is 13.7. The Morgan fingerprint density at radius 2 is 1.77 bits per heavy atom. The van der Waals surface area contributed by atoms with E-state index in [2.05, 4.69) is 9.71 Å². The molecule has 4 rings (SSSR count). The van der Waals surface area contributed by atoms with E-state index < -0.39 is 28.0 Å². The van der Waals surface area contributed by atoms with Gasteiger partial charge in [0.2, 0.25) is 21.8 Å². The van der Waals surface area contributed by atoms with Gasteiger partial charge in [0, 0.05) is 18.1 Å². The second-order valence-electron chi connectivity index (χ2n) is 12.1. The van der Waals surface area contributed by atoms with Crippen molar-refractivity contribution in [3.8, 4) is 5.75 Å². The summed E-state index contributed by atoms with van der Waals surface area (Å²) in [5, 5.41) is 0.677. The number of nitrogens with two attached hydrogens (primary N) is 4. The molecule has 238 valence electrons. The lowest BCUT2D eigenvalue weighted by atomic mass is 9.88. The molecule has 3 aromatic rings. The summed E-state index contributed by atoms with van der Waals surface area (Å²) >= 11 is 0. The Balaban J connectivity index is 1.64. The van der Waals surface area contributed by atoms with E-state index in [0.717, 1.165) is 17.5 Å². The fourth-order valence-corrected chi connectivity index (χ4v) is 7.61. The molecule has 0 aliphatic carbocycles. The molecule has 0 fully saturated rings. The van der Waals surface area contributed by atoms with Gasteiger partial charge in [-0.3, -0.25) is 19.1 Å². The monoisotopic (exact) mass is 625 g/mol. The lowest BCUT2D eigenvalue weighted by molar-refractivity contribution is -0.119. The summed E-state index contributed by atoms with van der Waals surface area (Å²) in [7, 11) is -4.19. The number of rotatable bonds is 11. The molecule has 1 aromatic heterocycles. The Labute approximate surface area is 258 Å². The number of carbonyl (C=O) groups is 2. The Morgan fingerprint density at radius 3 is 2.43 bits per heavy atom. The molecule has 44 heavy (non-hydrogen) atoms. The number of hydrogen-bond acceptors (Lipinski definition) is 7. The number of nitrogens with zero attached hydrogens (tertiary/aromatic N) is 2. The summed E-state index contributed by atoms with van der Waals surface area (Å²) < 4.78 is 38.1. The predicted molar refractivity (Wildman–Crippen MR) is 171 cm³/mol. The standard InChI is InChI=1S/C31H43N7O5S/c1-17-18(2)27(19(3)21-12-13-31(4,5)43-26(17)21)44(41,42)37-24(28(33)39)15-20-16-38(25-11-7-6-9-22(20)25)29(40)23(32)10-8-14-36-30(34)35/h6-7,9,11,16,23-24,37H,8,10,12-15,32H2,1-5H3,(H2,33,39)(H4,34,35,36)/t23-,24-/m0/s1. The van der Waals surface area contributed by atoms with Gasteiger partial charge in [0.25, 0.3) is 0 Å². The van der Waals surface area contributed by atoms with Gasteiger partial charge in [0.05, 0.1) is 16.5 Å². The van der Waals surface area contributed by atoms with Crippen molar-refractivity contribution < 1.29 is 22.7 Å². The van der Waals surface area contributed by atoms with Crippen LogP contribution in [0.3, 0.4) is 0 Å². The molecule has 12 nitrogen and oxygen atoms in total.